The maximum absolute atomic E-state index is 13.5. The van der Waals surface area contributed by atoms with Crippen molar-refractivity contribution in [2.24, 2.45) is 11.8 Å². The molecule has 0 aliphatic carbocycles. The van der Waals surface area contributed by atoms with Crippen molar-refractivity contribution in [3.63, 3.8) is 0 Å². The summed E-state index contributed by atoms with van der Waals surface area (Å²) in [6, 6.07) is 32.6. The SMILES string of the molecule is C.C.C.C.C.CC(C)C[C@H](NC(=O)c1cc(-c2cccs2)c[n+]([O-])c1)C(=O)N1CC[C@H]2OCC(=O)[C@H]21.CC(C)C[C@H](NC(=O)c1ccc([N+](C)(C)[O-])cc1)C(=O)N1CC[C@H]2OCC(=O)[C@H]21.O=C(N[C@@H](Cc1ccc(O)cc1)C(=O)N1CC[C@H]2OCC(=O)[C@H]21)C1=Cc2ccccc2S1(=O)=O.O=C(N[C@@H](Cc1ccc(O)cc1)C(=O)N1CC[C@H]2OCC(=O)[C@H]21)c1ccc2c(ccc[n+]2[O-])c1.S.S.S.S.S.S.S.S. The number of thiophene rings is 1. The maximum atomic E-state index is 13.5. The molecule has 3 aromatic heterocycles. The maximum Gasteiger partial charge on any atom is 0.263 e. The standard InChI is InChI=1S/C25H23N3O6.C24H22N2O7S.C22H25N3O5S.C21H29N3O5.5CH4.8H2S/c29-18-6-3-15(4-7-18)12-19(25(32)27-11-9-22-23(27)21(30)14-34-22)26-24(31)17-5-8-20-16(13-17)2-1-10-28(20)33;27-16-7-5-14(6-8-16)11-17(24(30)26-10-9-19-22(26)18(28)13-33-19)25-23(29)21-12-15-3-1-2-4-20(15)34(21,31)32;1-13(2)8-16(22(28)25-6-5-18-20(25)17(26)12-30-18)23-21(27)15-9-14(10-24(29)11-15)19-4-3-7-31-19;1-13(2)11-16(21(27)23-10-9-18-19(23)17(25)12-29-18)22-20(26)14-5-7-15(8-6-14)24(3,4)28;;;;;;;;;;;;;/h1-8,10,13,19,22-23,29H,9,11-12,14H2,(H,26,31);1-8,12,17,19,22,27H,9-11,13H2,(H,25,29);3-4,7,9-11,13,16,18,20H,5-6,8,12H2,1-2H3,(H,23,27);5-8,13,16,18-19H,9-12H2,1-4H3,(H,22,26);5*1H4;8*1H2/t19-,22+,23+;17-,19+,22+;16-,18+,20+;16-,18+,19+;;;;;;;;;;;;;/m0000............./s1. The minimum Gasteiger partial charge on any atom is -0.628 e. The number of likely N-dealkylation sites (tertiary alicyclic amines) is 4. The number of hydrogen-bond acceptors (Lipinski definition) is 24. The van der Waals surface area contributed by atoms with Crippen molar-refractivity contribution in [2.75, 3.05) is 66.7 Å². The highest BCUT2D eigenvalue weighted by atomic mass is 32.2. The molecule has 0 bridgehead atoms. The van der Waals surface area contributed by atoms with E-state index in [1.54, 1.807) is 107 Å². The number of pyridine rings is 2. The van der Waals surface area contributed by atoms with Crippen LogP contribution in [-0.4, -0.2) is 248 Å². The van der Waals surface area contributed by atoms with Gasteiger partial charge < -0.3 is 90.3 Å². The fraction of sp³-hybridized carbons (Fsp3) is 0.423. The Hall–Kier alpha value is -9.75. The predicted molar refractivity (Wildman–Crippen MR) is 581 cm³/mol. The van der Waals surface area contributed by atoms with Crippen LogP contribution in [0.4, 0.5) is 5.69 Å². The van der Waals surface area contributed by atoms with Gasteiger partial charge in [-0.25, -0.2) is 8.42 Å². The Balaban J connectivity index is 0.000000914. The number of amides is 8. The van der Waals surface area contributed by atoms with Crippen molar-refractivity contribution in [1.29, 1.82) is 0 Å². The van der Waals surface area contributed by atoms with Gasteiger partial charge in [-0.2, -0.15) is 117 Å². The van der Waals surface area contributed by atoms with Crippen molar-refractivity contribution in [3.05, 3.63) is 223 Å². The summed E-state index contributed by atoms with van der Waals surface area (Å²) in [5.74, 6) is -3.63. The first-order valence-corrected chi connectivity index (χ1v) is 44.6. The van der Waals surface area contributed by atoms with Crippen LogP contribution in [0.5, 0.6) is 11.5 Å². The number of phenols is 2. The van der Waals surface area contributed by atoms with E-state index in [2.05, 4.69) is 21.3 Å². The smallest absolute Gasteiger partial charge is 0.263 e. The van der Waals surface area contributed by atoms with E-state index in [1.165, 1.54) is 96.3 Å². The minimum atomic E-state index is -4.02. The summed E-state index contributed by atoms with van der Waals surface area (Å²) < 4.78 is 48.4. The third-order valence-corrected chi connectivity index (χ3v) is 26.6. The van der Waals surface area contributed by atoms with E-state index >= 15 is 0 Å². The van der Waals surface area contributed by atoms with Gasteiger partial charge in [0.25, 0.3) is 23.6 Å². The number of nitrogens with one attached hydrogen (secondary N) is 4. The fourth-order valence-electron chi connectivity index (χ4n) is 17.6. The van der Waals surface area contributed by atoms with Crippen LogP contribution in [0.15, 0.2) is 179 Å². The number of benzene rings is 5. The topological polar surface area (TPSA) is 454 Å². The van der Waals surface area contributed by atoms with Gasteiger partial charge in [0.05, 0.1) is 49.0 Å². The second-order valence-electron chi connectivity index (χ2n) is 34.1. The van der Waals surface area contributed by atoms with Crippen molar-refractivity contribution in [2.45, 2.75) is 194 Å². The number of quaternary nitrogens is 1. The molecule has 0 saturated carbocycles. The third-order valence-electron chi connectivity index (χ3n) is 23.9. The van der Waals surface area contributed by atoms with E-state index in [9.17, 15) is 91.8 Å². The summed E-state index contributed by atoms with van der Waals surface area (Å²) in [6.45, 7) is 9.45. The highest BCUT2D eigenvalue weighted by Crippen LogP contribution is 2.37. The van der Waals surface area contributed by atoms with E-state index in [0.29, 0.717) is 114 Å². The number of hydroxylamine groups is 2. The van der Waals surface area contributed by atoms with Crippen molar-refractivity contribution in [1.82, 2.24) is 45.5 Å². The molecule has 17 rings (SSSR count). The van der Waals surface area contributed by atoms with Crippen molar-refractivity contribution < 1.29 is 105 Å². The summed E-state index contributed by atoms with van der Waals surface area (Å²) in [7, 11) is -1.01. The molecule has 34 nitrogen and oxygen atoms in total. The van der Waals surface area contributed by atoms with Crippen molar-refractivity contribution in [3.8, 4) is 21.9 Å². The van der Waals surface area contributed by atoms with E-state index in [1.807, 2.05) is 45.2 Å². The molecule has 141 heavy (non-hydrogen) atoms. The Bertz CT molecular complexity index is 5790. The highest BCUT2D eigenvalue weighted by Gasteiger charge is 2.53. The van der Waals surface area contributed by atoms with Crippen LogP contribution in [0.2, 0.25) is 0 Å². The molecule has 8 amide bonds. The molecule has 12 heterocycles. The van der Waals surface area contributed by atoms with Gasteiger partial charge in [0.1, 0.15) is 102 Å². The summed E-state index contributed by atoms with van der Waals surface area (Å²) in [5.41, 5.74) is 4.26. The zero-order chi connectivity index (χ0) is 91.3. The second-order valence-corrected chi connectivity index (χ2v) is 37.0. The summed E-state index contributed by atoms with van der Waals surface area (Å²) >= 11 is 1.47. The average molecular weight is 2140 g/mol. The molecular formula is C97H135N11O23S10. The summed E-state index contributed by atoms with van der Waals surface area (Å²) in [5, 5.41) is 68.7. The molecule has 5 aromatic carbocycles. The molecule has 8 aromatic rings. The summed E-state index contributed by atoms with van der Waals surface area (Å²) in [4.78, 5) is 161. The molecule has 8 saturated heterocycles. The zero-order valence-corrected chi connectivity index (χ0v) is 84.7. The van der Waals surface area contributed by atoms with Gasteiger partial charge >= 0.3 is 0 Å². The Labute approximate surface area is 883 Å². The van der Waals surface area contributed by atoms with E-state index in [-0.39, 0.29) is 289 Å². The Morgan fingerprint density at radius 1 is 0.468 bits per heavy atom. The number of sulfone groups is 1. The minimum absolute atomic E-state index is 0. The van der Waals surface area contributed by atoms with Gasteiger partial charge in [0.15, 0.2) is 41.7 Å². The van der Waals surface area contributed by atoms with Crippen LogP contribution >= 0.6 is 119 Å². The first kappa shape index (κ1) is 129. The molecule has 0 radical (unpaired) electrons. The van der Waals surface area contributed by atoms with Crippen molar-refractivity contribution >= 4 is 222 Å². The number of carbonyl (C=O) groups is 12. The van der Waals surface area contributed by atoms with Crippen LogP contribution in [0.3, 0.4) is 0 Å². The number of nitrogens with zero attached hydrogens (tertiary/aromatic N) is 7. The lowest BCUT2D eigenvalue weighted by Gasteiger charge is -2.33. The predicted octanol–water partition coefficient (Wildman–Crippen LogP) is 9.21. The Morgan fingerprint density at radius 2 is 0.851 bits per heavy atom. The number of carbonyl (C=O) groups excluding carboxylic acids is 12. The normalized spacial score (nSPS) is 19.9. The van der Waals surface area contributed by atoms with Gasteiger partial charge in [0, 0.05) is 84.7 Å². The van der Waals surface area contributed by atoms with Crippen LogP contribution in [0.1, 0.15) is 151 Å². The van der Waals surface area contributed by atoms with Crippen LogP contribution in [0.25, 0.3) is 27.4 Å². The third kappa shape index (κ3) is 30.0. The van der Waals surface area contributed by atoms with Gasteiger partial charge in [-0.3, -0.25) is 57.5 Å². The molecule has 9 aliphatic rings. The molecule has 0 spiro atoms. The van der Waals surface area contributed by atoms with E-state index in [4.69, 9.17) is 18.9 Å². The zero-order valence-electron chi connectivity index (χ0n) is 75.1. The number of ketones is 4. The lowest BCUT2D eigenvalue weighted by atomic mass is 10.0. The number of rotatable bonds is 22. The monoisotopic (exact) mass is 2140 g/mol. The lowest BCUT2D eigenvalue weighted by molar-refractivity contribution is -0.604. The van der Waals surface area contributed by atoms with Gasteiger partial charge in [-0.15, -0.1) is 11.3 Å². The second kappa shape index (κ2) is 55.9. The number of hydrogen-bond donors (Lipinski definition) is 6. The molecule has 776 valence electrons. The number of aromatic hydroxyl groups is 2. The first-order valence-electron chi connectivity index (χ1n) is 42.3. The highest BCUT2D eigenvalue weighted by molar-refractivity contribution is 7.96. The first-order chi connectivity index (χ1) is 61.1. The van der Waals surface area contributed by atoms with Gasteiger partial charge in [-0.05, 0) is 151 Å². The molecule has 12 atom stereocenters. The van der Waals surface area contributed by atoms with Crippen LogP contribution in [-0.2, 0) is 84.8 Å². The van der Waals surface area contributed by atoms with Gasteiger partial charge in [0.2, 0.25) is 39.0 Å². The molecular weight excluding hydrogens is 2010 g/mol. The largest absolute Gasteiger partial charge is 0.628 e. The number of aromatic nitrogens is 2. The molecule has 44 heteroatoms. The number of Topliss-reactive ketones (excluding diaryl/α,β-unsaturated/α-hetero) is 4. The fourth-order valence-corrected chi connectivity index (χ4v) is 19.8. The summed E-state index contributed by atoms with van der Waals surface area (Å²) in [6.07, 6.45) is 7.58. The van der Waals surface area contributed by atoms with E-state index in [0.717, 1.165) is 15.2 Å². The quantitative estimate of drug-likeness (QED) is 0.0159. The Kier molecular flexibility index (Phi) is 51.3. The number of ether oxygens (including phenoxy) is 4. The Morgan fingerprint density at radius 3 is 1.25 bits per heavy atom. The number of phenolic OH excluding ortho intramolecular Hbond substituents is 2. The van der Waals surface area contributed by atoms with Gasteiger partial charge in [-0.1, -0.05) is 113 Å². The molecule has 6 N–H and O–H groups in total. The van der Waals surface area contributed by atoms with Crippen LogP contribution in [0, 0.1) is 27.5 Å². The molecule has 0 unspecified atom stereocenters. The van der Waals surface area contributed by atoms with E-state index < -0.39 is 91.4 Å². The molecule has 8 fully saturated rings. The number of fused-ring (bicyclic) bond motifs is 6. The van der Waals surface area contributed by atoms with Crippen LogP contribution < -0.4 is 35.4 Å². The average Bonchev–Trinajstić information content (AvgIpc) is 1.44. The molecule has 9 aliphatic heterocycles. The lowest BCUT2D eigenvalue weighted by Crippen LogP contribution is -2.53.